The molecule has 1 N–H and O–H groups in total. The topological polar surface area (TPSA) is 67.6 Å². The zero-order valence-corrected chi connectivity index (χ0v) is 11.2. The lowest BCUT2D eigenvalue weighted by atomic mass is 10.1. The third-order valence-electron chi connectivity index (χ3n) is 3.66. The second kappa shape index (κ2) is 5.88. The third kappa shape index (κ3) is 2.73. The number of nitrogens with zero attached hydrogens (tertiary/aromatic N) is 3. The molecule has 0 bridgehead atoms. The fourth-order valence-electron chi connectivity index (χ4n) is 2.39. The summed E-state index contributed by atoms with van der Waals surface area (Å²) in [6.45, 7) is 3.97. The summed E-state index contributed by atoms with van der Waals surface area (Å²) in [5.74, 6) is -1.37. The van der Waals surface area contributed by atoms with Gasteiger partial charge in [0.1, 0.15) is 23.5 Å². The van der Waals surface area contributed by atoms with E-state index in [4.69, 9.17) is 10.4 Å². The van der Waals surface area contributed by atoms with Gasteiger partial charge in [-0.2, -0.15) is 5.26 Å². The molecule has 1 aromatic carbocycles. The van der Waals surface area contributed by atoms with E-state index in [-0.39, 0.29) is 5.56 Å². The smallest absolute Gasteiger partial charge is 0.320 e. The highest BCUT2D eigenvalue weighted by atomic mass is 19.1. The highest BCUT2D eigenvalue weighted by Crippen LogP contribution is 2.24. The number of carboxylic acid groups (broad SMARTS) is 1. The minimum Gasteiger partial charge on any atom is -0.480 e. The van der Waals surface area contributed by atoms with Gasteiger partial charge in [0.05, 0.1) is 5.69 Å². The molecule has 0 spiro atoms. The lowest BCUT2D eigenvalue weighted by molar-refractivity contribution is -0.142. The van der Waals surface area contributed by atoms with Crippen LogP contribution in [0.3, 0.4) is 0 Å². The van der Waals surface area contributed by atoms with E-state index < -0.39 is 17.8 Å². The highest BCUT2D eigenvalue weighted by Gasteiger charge is 2.26. The number of rotatable bonds is 3. The molecule has 2 rings (SSSR count). The standard InChI is InChI=1S/C14H16FN3O2/c1-10(14(19)20)17-5-7-18(8-6-17)13-4-2-3-12(15)11(13)9-16/h2-4,10H,5-8H2,1H3,(H,19,20). The Hall–Kier alpha value is -2.13. The molecule has 1 saturated heterocycles. The van der Waals surface area contributed by atoms with Crippen molar-refractivity contribution in [2.24, 2.45) is 0 Å². The van der Waals surface area contributed by atoms with Crippen molar-refractivity contribution >= 4 is 11.7 Å². The van der Waals surface area contributed by atoms with Gasteiger partial charge in [0.15, 0.2) is 0 Å². The number of carboxylic acids is 1. The number of aliphatic carboxylic acids is 1. The molecule has 0 aliphatic carbocycles. The van der Waals surface area contributed by atoms with Crippen molar-refractivity contribution in [3.05, 3.63) is 29.6 Å². The van der Waals surface area contributed by atoms with Gasteiger partial charge < -0.3 is 10.0 Å². The number of anilines is 1. The Balaban J connectivity index is 2.10. The molecule has 1 aromatic rings. The molecule has 0 aromatic heterocycles. The van der Waals surface area contributed by atoms with Crippen LogP contribution in [-0.2, 0) is 4.79 Å². The number of hydrogen-bond acceptors (Lipinski definition) is 4. The van der Waals surface area contributed by atoms with Crippen molar-refractivity contribution in [3.8, 4) is 6.07 Å². The number of carbonyl (C=O) groups is 1. The summed E-state index contributed by atoms with van der Waals surface area (Å²) in [6.07, 6.45) is 0. The van der Waals surface area contributed by atoms with E-state index in [0.29, 0.717) is 31.9 Å². The van der Waals surface area contributed by atoms with Crippen molar-refractivity contribution < 1.29 is 14.3 Å². The van der Waals surface area contributed by atoms with Crippen molar-refractivity contribution in [1.82, 2.24) is 4.90 Å². The van der Waals surface area contributed by atoms with Gasteiger partial charge in [-0.05, 0) is 19.1 Å². The van der Waals surface area contributed by atoms with E-state index in [9.17, 15) is 9.18 Å². The summed E-state index contributed by atoms with van der Waals surface area (Å²) in [5.41, 5.74) is 0.627. The highest BCUT2D eigenvalue weighted by molar-refractivity contribution is 5.73. The maximum absolute atomic E-state index is 13.6. The van der Waals surface area contributed by atoms with Gasteiger partial charge >= 0.3 is 5.97 Å². The Morgan fingerprint density at radius 3 is 2.60 bits per heavy atom. The van der Waals surface area contributed by atoms with Crippen molar-refractivity contribution in [2.75, 3.05) is 31.1 Å². The SMILES string of the molecule is CC(C(=O)O)N1CCN(c2cccc(F)c2C#N)CC1. The van der Waals surface area contributed by atoms with E-state index in [1.165, 1.54) is 6.07 Å². The van der Waals surface area contributed by atoms with Crippen LogP contribution >= 0.6 is 0 Å². The molecule has 1 unspecified atom stereocenters. The Morgan fingerprint density at radius 2 is 2.05 bits per heavy atom. The zero-order chi connectivity index (χ0) is 14.7. The Labute approximate surface area is 116 Å². The van der Waals surface area contributed by atoms with E-state index in [1.807, 2.05) is 15.9 Å². The Morgan fingerprint density at radius 1 is 1.40 bits per heavy atom. The minimum atomic E-state index is -0.845. The minimum absolute atomic E-state index is 0.0484. The van der Waals surface area contributed by atoms with E-state index in [2.05, 4.69) is 0 Å². The van der Waals surface area contributed by atoms with Crippen LogP contribution in [0.4, 0.5) is 10.1 Å². The molecule has 6 heteroatoms. The molecule has 0 amide bonds. The summed E-state index contributed by atoms with van der Waals surface area (Å²) < 4.78 is 13.6. The molecule has 1 heterocycles. The first-order valence-electron chi connectivity index (χ1n) is 6.45. The van der Waals surface area contributed by atoms with E-state index >= 15 is 0 Å². The van der Waals surface area contributed by atoms with Crippen LogP contribution in [0.15, 0.2) is 18.2 Å². The zero-order valence-electron chi connectivity index (χ0n) is 11.2. The van der Waals surface area contributed by atoms with Crippen molar-refractivity contribution in [3.63, 3.8) is 0 Å². The number of nitriles is 1. The van der Waals surface area contributed by atoms with Crippen LogP contribution in [0, 0.1) is 17.1 Å². The maximum Gasteiger partial charge on any atom is 0.320 e. The molecular formula is C14H16FN3O2. The molecule has 1 atom stereocenters. The average Bonchev–Trinajstić information content (AvgIpc) is 2.46. The predicted molar refractivity (Wildman–Crippen MR) is 72.0 cm³/mol. The van der Waals surface area contributed by atoms with Crippen molar-refractivity contribution in [1.29, 1.82) is 5.26 Å². The Kier molecular flexibility index (Phi) is 4.20. The first-order valence-corrected chi connectivity index (χ1v) is 6.45. The van der Waals surface area contributed by atoms with Crippen LogP contribution in [0.2, 0.25) is 0 Å². The number of piperazine rings is 1. The largest absolute Gasteiger partial charge is 0.480 e. The second-order valence-corrected chi connectivity index (χ2v) is 4.78. The van der Waals surface area contributed by atoms with E-state index in [0.717, 1.165) is 0 Å². The molecule has 0 radical (unpaired) electrons. The quantitative estimate of drug-likeness (QED) is 0.901. The van der Waals surface area contributed by atoms with Gasteiger partial charge in [-0.25, -0.2) is 4.39 Å². The lowest BCUT2D eigenvalue weighted by Gasteiger charge is -2.38. The van der Waals surface area contributed by atoms with Crippen molar-refractivity contribution in [2.45, 2.75) is 13.0 Å². The van der Waals surface area contributed by atoms with Crippen LogP contribution in [0.25, 0.3) is 0 Å². The summed E-state index contributed by atoms with van der Waals surface area (Å²) >= 11 is 0. The van der Waals surface area contributed by atoms with Gasteiger partial charge in [-0.15, -0.1) is 0 Å². The third-order valence-corrected chi connectivity index (χ3v) is 3.66. The van der Waals surface area contributed by atoms with Crippen LogP contribution < -0.4 is 4.90 Å². The van der Waals surface area contributed by atoms with E-state index in [1.54, 1.807) is 19.1 Å². The molecular weight excluding hydrogens is 261 g/mol. The maximum atomic E-state index is 13.6. The van der Waals surface area contributed by atoms with Gasteiger partial charge in [-0.1, -0.05) is 6.07 Å². The molecule has 1 aliphatic heterocycles. The monoisotopic (exact) mass is 277 g/mol. The second-order valence-electron chi connectivity index (χ2n) is 4.78. The number of halogens is 1. The van der Waals surface area contributed by atoms with Crippen LogP contribution in [0.1, 0.15) is 12.5 Å². The van der Waals surface area contributed by atoms with Crippen LogP contribution in [0.5, 0.6) is 0 Å². The first-order chi connectivity index (χ1) is 9.54. The summed E-state index contributed by atoms with van der Waals surface area (Å²) in [5, 5.41) is 18.0. The molecule has 1 aliphatic rings. The summed E-state index contributed by atoms with van der Waals surface area (Å²) in [7, 11) is 0. The normalized spacial score (nSPS) is 17.6. The summed E-state index contributed by atoms with van der Waals surface area (Å²) in [4.78, 5) is 14.7. The molecule has 106 valence electrons. The first kappa shape index (κ1) is 14.3. The summed E-state index contributed by atoms with van der Waals surface area (Å²) in [6, 6.07) is 5.93. The van der Waals surface area contributed by atoms with Gasteiger partial charge in [0.2, 0.25) is 0 Å². The fraction of sp³-hybridized carbons (Fsp3) is 0.429. The lowest BCUT2D eigenvalue weighted by Crippen LogP contribution is -2.51. The van der Waals surface area contributed by atoms with Gasteiger partial charge in [-0.3, -0.25) is 9.69 Å². The molecule has 0 saturated carbocycles. The van der Waals surface area contributed by atoms with Gasteiger partial charge in [0.25, 0.3) is 0 Å². The van der Waals surface area contributed by atoms with Gasteiger partial charge in [0, 0.05) is 26.2 Å². The molecule has 5 nitrogen and oxygen atoms in total. The molecule has 20 heavy (non-hydrogen) atoms. The Bertz CT molecular complexity index is 548. The number of benzene rings is 1. The van der Waals surface area contributed by atoms with Crippen LogP contribution in [-0.4, -0.2) is 48.2 Å². The molecule has 1 fully saturated rings. The average molecular weight is 277 g/mol. The predicted octanol–water partition coefficient (Wildman–Crippen LogP) is 1.29. The number of hydrogen-bond donors (Lipinski definition) is 1. The fourth-order valence-corrected chi connectivity index (χ4v) is 2.39.